The van der Waals surface area contributed by atoms with E-state index in [1.54, 1.807) is 48.5 Å². The molecule has 1 aliphatic heterocycles. The van der Waals surface area contributed by atoms with Crippen molar-refractivity contribution in [2.75, 3.05) is 18.6 Å². The fraction of sp³-hybridized carbons (Fsp3) is 0.0833. The Bertz CT molecular complexity index is 1310. The van der Waals surface area contributed by atoms with Crippen molar-refractivity contribution in [3.63, 3.8) is 0 Å². The zero-order valence-corrected chi connectivity index (χ0v) is 17.8. The minimum absolute atomic E-state index is 0.300. The van der Waals surface area contributed by atoms with Gasteiger partial charge in [-0.25, -0.2) is 4.98 Å². The van der Waals surface area contributed by atoms with Gasteiger partial charge in [0.05, 0.1) is 34.1 Å². The second-order valence-electron chi connectivity index (χ2n) is 7.11. The monoisotopic (exact) mass is 443 g/mol. The molecule has 3 amide bonds. The number of aromatic nitrogens is 1. The Kier molecular flexibility index (Phi) is 4.91. The molecule has 0 radical (unpaired) electrons. The topological polar surface area (TPSA) is 79.8 Å². The molecule has 0 aliphatic carbocycles. The predicted octanol–water partition coefficient (Wildman–Crippen LogP) is 4.27. The average molecular weight is 443 g/mol. The van der Waals surface area contributed by atoms with E-state index in [0.717, 1.165) is 15.1 Å². The van der Waals surface area contributed by atoms with E-state index in [-0.39, 0.29) is 0 Å². The number of carbonyl (C=O) groups excluding carboxylic acids is 3. The number of fused-ring (bicyclic) bond motifs is 2. The Morgan fingerprint density at radius 3 is 2.25 bits per heavy atom. The van der Waals surface area contributed by atoms with Gasteiger partial charge < -0.3 is 4.74 Å². The third-order valence-electron chi connectivity index (χ3n) is 5.22. The number of methoxy groups -OCH3 is 1. The number of anilines is 2. The number of hydrogen-bond acceptors (Lipinski definition) is 6. The van der Waals surface area contributed by atoms with Gasteiger partial charge in [0.2, 0.25) is 0 Å². The van der Waals surface area contributed by atoms with Crippen LogP contribution in [0.4, 0.5) is 10.8 Å². The molecule has 1 aromatic heterocycles. The van der Waals surface area contributed by atoms with E-state index in [1.165, 1.54) is 23.3 Å². The van der Waals surface area contributed by atoms with Gasteiger partial charge in [0.1, 0.15) is 12.3 Å². The number of rotatable bonds is 5. The van der Waals surface area contributed by atoms with Gasteiger partial charge in [0, 0.05) is 0 Å². The van der Waals surface area contributed by atoms with E-state index in [1.807, 2.05) is 24.3 Å². The third-order valence-corrected chi connectivity index (χ3v) is 6.24. The maximum absolute atomic E-state index is 13.6. The normalized spacial score (nSPS) is 12.8. The molecule has 0 unspecified atom stereocenters. The number of ether oxygens (including phenoxy) is 1. The summed E-state index contributed by atoms with van der Waals surface area (Å²) in [6.07, 6.45) is 0. The maximum Gasteiger partial charge on any atom is 0.262 e. The van der Waals surface area contributed by atoms with Crippen LogP contribution in [0.3, 0.4) is 0 Å². The lowest BCUT2D eigenvalue weighted by atomic mass is 10.1. The fourth-order valence-electron chi connectivity index (χ4n) is 3.70. The third kappa shape index (κ3) is 3.21. The molecule has 2 heterocycles. The van der Waals surface area contributed by atoms with Crippen molar-refractivity contribution in [3.05, 3.63) is 83.9 Å². The zero-order chi connectivity index (χ0) is 22.2. The lowest BCUT2D eigenvalue weighted by Crippen LogP contribution is -2.41. The smallest absolute Gasteiger partial charge is 0.262 e. The summed E-state index contributed by atoms with van der Waals surface area (Å²) in [7, 11) is 1.52. The van der Waals surface area contributed by atoms with Crippen molar-refractivity contribution in [3.8, 4) is 5.75 Å². The first-order valence-corrected chi connectivity index (χ1v) is 10.7. The summed E-state index contributed by atoms with van der Waals surface area (Å²) >= 11 is 1.34. The van der Waals surface area contributed by atoms with Crippen LogP contribution in [0.25, 0.3) is 10.2 Å². The van der Waals surface area contributed by atoms with Crippen molar-refractivity contribution in [1.29, 1.82) is 0 Å². The maximum atomic E-state index is 13.6. The number of hydrogen-bond donors (Lipinski definition) is 0. The van der Waals surface area contributed by atoms with E-state index in [0.29, 0.717) is 27.7 Å². The van der Waals surface area contributed by atoms with E-state index in [4.69, 9.17) is 4.74 Å². The van der Waals surface area contributed by atoms with Crippen LogP contribution >= 0.6 is 11.3 Å². The van der Waals surface area contributed by atoms with Crippen LogP contribution in [0.1, 0.15) is 20.7 Å². The largest absolute Gasteiger partial charge is 0.495 e. The highest BCUT2D eigenvalue weighted by Crippen LogP contribution is 2.38. The molecule has 0 spiro atoms. The number of amides is 3. The molecule has 3 aromatic carbocycles. The highest BCUT2D eigenvalue weighted by Gasteiger charge is 2.38. The van der Waals surface area contributed by atoms with Gasteiger partial charge in [0.15, 0.2) is 5.13 Å². The molecular weight excluding hydrogens is 426 g/mol. The first-order chi connectivity index (χ1) is 15.6. The second kappa shape index (κ2) is 7.90. The molecule has 0 atom stereocenters. The number of benzene rings is 3. The van der Waals surface area contributed by atoms with Crippen LogP contribution in [0.2, 0.25) is 0 Å². The predicted molar refractivity (Wildman–Crippen MR) is 122 cm³/mol. The molecule has 7 nitrogen and oxygen atoms in total. The van der Waals surface area contributed by atoms with E-state index >= 15 is 0 Å². The quantitative estimate of drug-likeness (QED) is 0.431. The fourth-order valence-corrected chi connectivity index (χ4v) is 4.70. The van der Waals surface area contributed by atoms with Crippen molar-refractivity contribution in [1.82, 2.24) is 9.88 Å². The van der Waals surface area contributed by atoms with Gasteiger partial charge in [-0.2, -0.15) is 0 Å². The summed E-state index contributed by atoms with van der Waals surface area (Å²) in [6, 6.07) is 21.2. The van der Waals surface area contributed by atoms with Crippen LogP contribution in [-0.2, 0) is 4.79 Å². The molecule has 1 aliphatic rings. The van der Waals surface area contributed by atoms with Crippen molar-refractivity contribution < 1.29 is 19.1 Å². The number of para-hydroxylation sites is 3. The molecule has 5 rings (SSSR count). The van der Waals surface area contributed by atoms with Gasteiger partial charge >= 0.3 is 0 Å². The summed E-state index contributed by atoms with van der Waals surface area (Å²) in [5.41, 5.74) is 1.83. The molecule has 158 valence electrons. The van der Waals surface area contributed by atoms with Crippen molar-refractivity contribution in [2.45, 2.75) is 0 Å². The molecule has 32 heavy (non-hydrogen) atoms. The number of nitrogens with zero attached hydrogens (tertiary/aromatic N) is 3. The summed E-state index contributed by atoms with van der Waals surface area (Å²) < 4.78 is 6.38. The van der Waals surface area contributed by atoms with Crippen LogP contribution in [-0.4, -0.2) is 41.3 Å². The molecule has 4 aromatic rings. The van der Waals surface area contributed by atoms with Crippen LogP contribution in [0.15, 0.2) is 72.8 Å². The van der Waals surface area contributed by atoms with Gasteiger partial charge in [-0.3, -0.25) is 24.2 Å². The first-order valence-electron chi connectivity index (χ1n) is 9.85. The zero-order valence-electron chi connectivity index (χ0n) is 17.0. The van der Waals surface area contributed by atoms with Crippen LogP contribution < -0.4 is 9.64 Å². The van der Waals surface area contributed by atoms with E-state index < -0.39 is 24.3 Å². The van der Waals surface area contributed by atoms with Crippen LogP contribution in [0, 0.1) is 0 Å². The SMILES string of the molecule is COc1ccccc1N(C(=O)CN1C(=O)c2ccccc2C1=O)c1nc2ccccc2s1. The number of imide groups is 1. The number of carbonyl (C=O) groups is 3. The molecular formula is C24H17N3O4S. The minimum Gasteiger partial charge on any atom is -0.495 e. The molecule has 0 N–H and O–H groups in total. The summed E-state index contributed by atoms with van der Waals surface area (Å²) in [5.74, 6) is -0.961. The van der Waals surface area contributed by atoms with Gasteiger partial charge in [-0.05, 0) is 36.4 Å². The van der Waals surface area contributed by atoms with Gasteiger partial charge in [-0.15, -0.1) is 0 Å². The summed E-state index contributed by atoms with van der Waals surface area (Å²) in [6.45, 7) is -0.416. The minimum atomic E-state index is -0.483. The van der Waals surface area contributed by atoms with E-state index in [9.17, 15) is 14.4 Å². The average Bonchev–Trinajstić information content (AvgIpc) is 3.35. The Morgan fingerprint density at radius 2 is 1.56 bits per heavy atom. The standard InChI is InChI=1S/C24H17N3O4S/c1-31-19-12-6-5-11-18(19)27(24-25-17-10-4-7-13-20(17)32-24)21(28)14-26-22(29)15-8-2-3-9-16(15)23(26)30/h2-13H,14H2,1H3. The Balaban J connectivity index is 1.56. The van der Waals surface area contributed by atoms with Crippen LogP contribution in [0.5, 0.6) is 5.75 Å². The van der Waals surface area contributed by atoms with Crippen molar-refractivity contribution >= 4 is 50.1 Å². The van der Waals surface area contributed by atoms with Gasteiger partial charge in [-0.1, -0.05) is 47.7 Å². The second-order valence-corrected chi connectivity index (χ2v) is 8.12. The highest BCUT2D eigenvalue weighted by atomic mass is 32.1. The molecule has 0 saturated heterocycles. The molecule has 8 heteroatoms. The molecule has 0 saturated carbocycles. The van der Waals surface area contributed by atoms with Crippen molar-refractivity contribution in [2.24, 2.45) is 0 Å². The van der Waals surface area contributed by atoms with E-state index in [2.05, 4.69) is 4.98 Å². The number of thiazole rings is 1. The van der Waals surface area contributed by atoms with Gasteiger partial charge in [0.25, 0.3) is 17.7 Å². The summed E-state index contributed by atoms with van der Waals surface area (Å²) in [5, 5.41) is 0.428. The Hall–Kier alpha value is -4.04. The highest BCUT2D eigenvalue weighted by molar-refractivity contribution is 7.22. The Labute approximate surface area is 187 Å². The lowest BCUT2D eigenvalue weighted by Gasteiger charge is -2.24. The summed E-state index contributed by atoms with van der Waals surface area (Å²) in [4.78, 5) is 46.2. The Morgan fingerprint density at radius 1 is 0.938 bits per heavy atom. The lowest BCUT2D eigenvalue weighted by molar-refractivity contribution is -0.118. The molecule has 0 bridgehead atoms. The molecule has 0 fully saturated rings. The first kappa shape index (κ1) is 19.9.